The Balaban J connectivity index is 3.15. The number of rotatable bonds is 4. The van der Waals surface area contributed by atoms with Crippen molar-refractivity contribution in [1.29, 1.82) is 0 Å². The predicted octanol–water partition coefficient (Wildman–Crippen LogP) is 2.39. The molecule has 1 N–H and O–H groups in total. The summed E-state index contributed by atoms with van der Waals surface area (Å²) < 4.78 is 27.2. The predicted molar refractivity (Wildman–Crippen MR) is 72.4 cm³/mol. The molecule has 0 saturated carbocycles. The molecule has 0 aromatic heterocycles. The van der Waals surface area contributed by atoms with E-state index < -0.39 is 10.0 Å². The lowest BCUT2D eigenvalue weighted by Crippen LogP contribution is -2.28. The highest BCUT2D eigenvalue weighted by atomic mass is 79.9. The SMILES string of the molecule is CC(=O)CNS(=O)(=O)c1cc(Br)c(C)cc1Br. The zero-order valence-corrected chi connectivity index (χ0v) is 13.2. The minimum absolute atomic E-state index is 0.108. The van der Waals surface area contributed by atoms with Crippen LogP contribution in [-0.4, -0.2) is 20.7 Å². The first-order valence-corrected chi connectivity index (χ1v) is 7.75. The minimum atomic E-state index is -3.67. The van der Waals surface area contributed by atoms with Gasteiger partial charge in [-0.25, -0.2) is 13.1 Å². The van der Waals surface area contributed by atoms with E-state index in [1.807, 2.05) is 6.92 Å². The molecule has 0 bridgehead atoms. The molecule has 1 rings (SSSR count). The van der Waals surface area contributed by atoms with E-state index in [-0.39, 0.29) is 17.2 Å². The first-order valence-electron chi connectivity index (χ1n) is 4.69. The van der Waals surface area contributed by atoms with Crippen LogP contribution in [-0.2, 0) is 14.8 Å². The molecule has 1 aromatic carbocycles. The number of aryl methyl sites for hydroxylation is 1. The largest absolute Gasteiger partial charge is 0.299 e. The van der Waals surface area contributed by atoms with Crippen molar-refractivity contribution in [1.82, 2.24) is 4.72 Å². The second kappa shape index (κ2) is 5.60. The molecule has 7 heteroatoms. The summed E-state index contributed by atoms with van der Waals surface area (Å²) in [6.45, 7) is 2.97. The monoisotopic (exact) mass is 383 g/mol. The molecule has 4 nitrogen and oxygen atoms in total. The van der Waals surface area contributed by atoms with Gasteiger partial charge in [0.15, 0.2) is 0 Å². The molecule has 0 unspecified atom stereocenters. The summed E-state index contributed by atoms with van der Waals surface area (Å²) in [5.74, 6) is -0.240. The van der Waals surface area contributed by atoms with E-state index >= 15 is 0 Å². The van der Waals surface area contributed by atoms with Gasteiger partial charge >= 0.3 is 0 Å². The third kappa shape index (κ3) is 3.87. The zero-order valence-electron chi connectivity index (χ0n) is 9.25. The van der Waals surface area contributed by atoms with Gasteiger partial charge in [0.1, 0.15) is 5.78 Å². The Hall–Kier alpha value is -0.240. The van der Waals surface area contributed by atoms with Gasteiger partial charge in [-0.15, -0.1) is 0 Å². The van der Waals surface area contributed by atoms with E-state index in [9.17, 15) is 13.2 Å². The first kappa shape index (κ1) is 14.8. The quantitative estimate of drug-likeness (QED) is 0.866. The lowest BCUT2D eigenvalue weighted by molar-refractivity contribution is -0.115. The summed E-state index contributed by atoms with van der Waals surface area (Å²) in [6, 6.07) is 3.20. The van der Waals surface area contributed by atoms with Crippen molar-refractivity contribution >= 4 is 47.7 Å². The summed E-state index contributed by atoms with van der Waals surface area (Å²) in [4.78, 5) is 10.9. The zero-order chi connectivity index (χ0) is 13.2. The van der Waals surface area contributed by atoms with E-state index in [0.29, 0.717) is 8.95 Å². The number of hydrogen-bond donors (Lipinski definition) is 1. The van der Waals surface area contributed by atoms with Gasteiger partial charge in [0.05, 0.1) is 11.4 Å². The van der Waals surface area contributed by atoms with Crippen LogP contribution in [0.25, 0.3) is 0 Å². The average Bonchev–Trinajstić information content (AvgIpc) is 2.20. The summed E-state index contributed by atoms with van der Waals surface area (Å²) in [5, 5.41) is 0. The number of ketones is 1. The van der Waals surface area contributed by atoms with Crippen molar-refractivity contribution in [3.05, 3.63) is 26.6 Å². The Labute approximate surface area is 117 Å². The van der Waals surface area contributed by atoms with Gasteiger partial charge in [-0.3, -0.25) is 4.79 Å². The highest BCUT2D eigenvalue weighted by Crippen LogP contribution is 2.28. The third-order valence-corrected chi connectivity index (χ3v) is 5.23. The van der Waals surface area contributed by atoms with Crippen molar-refractivity contribution in [2.75, 3.05) is 6.54 Å². The molecule has 0 aliphatic rings. The van der Waals surface area contributed by atoms with Crippen LogP contribution in [0.2, 0.25) is 0 Å². The molecule has 0 heterocycles. The highest BCUT2D eigenvalue weighted by molar-refractivity contribution is 9.11. The first-order chi connectivity index (χ1) is 7.74. The van der Waals surface area contributed by atoms with Crippen molar-refractivity contribution < 1.29 is 13.2 Å². The van der Waals surface area contributed by atoms with Crippen LogP contribution in [0.1, 0.15) is 12.5 Å². The summed E-state index contributed by atoms with van der Waals surface area (Å²) >= 11 is 6.47. The van der Waals surface area contributed by atoms with Crippen molar-refractivity contribution in [3.63, 3.8) is 0 Å². The van der Waals surface area contributed by atoms with Crippen LogP contribution in [0, 0.1) is 6.92 Å². The van der Waals surface area contributed by atoms with Gasteiger partial charge in [-0.05, 0) is 47.5 Å². The Bertz CT molecular complexity index is 555. The van der Waals surface area contributed by atoms with E-state index in [4.69, 9.17) is 0 Å². The van der Waals surface area contributed by atoms with E-state index in [0.717, 1.165) is 5.56 Å². The molecule has 0 radical (unpaired) electrons. The van der Waals surface area contributed by atoms with Crippen molar-refractivity contribution in [3.8, 4) is 0 Å². The van der Waals surface area contributed by atoms with Crippen LogP contribution in [0.5, 0.6) is 0 Å². The van der Waals surface area contributed by atoms with Crippen LogP contribution in [0.4, 0.5) is 0 Å². The number of halogens is 2. The number of Topliss-reactive ketones (excluding diaryl/α,β-unsaturated/α-hetero) is 1. The topological polar surface area (TPSA) is 63.2 Å². The normalized spacial score (nSPS) is 11.5. The molecule has 0 aliphatic carbocycles. The Morgan fingerprint density at radius 2 is 1.88 bits per heavy atom. The fraction of sp³-hybridized carbons (Fsp3) is 0.300. The lowest BCUT2D eigenvalue weighted by atomic mass is 10.2. The maximum Gasteiger partial charge on any atom is 0.242 e. The fourth-order valence-electron chi connectivity index (χ4n) is 1.11. The van der Waals surface area contributed by atoms with Crippen molar-refractivity contribution in [2.24, 2.45) is 0 Å². The highest BCUT2D eigenvalue weighted by Gasteiger charge is 2.19. The van der Waals surface area contributed by atoms with E-state index in [1.165, 1.54) is 13.0 Å². The van der Waals surface area contributed by atoms with Gasteiger partial charge < -0.3 is 0 Å². The molecule has 0 atom stereocenters. The lowest BCUT2D eigenvalue weighted by Gasteiger charge is -2.09. The van der Waals surface area contributed by atoms with Gasteiger partial charge in [0.25, 0.3) is 0 Å². The molecular weight excluding hydrogens is 374 g/mol. The van der Waals surface area contributed by atoms with Crippen LogP contribution >= 0.6 is 31.9 Å². The molecule has 0 spiro atoms. The smallest absolute Gasteiger partial charge is 0.242 e. The Morgan fingerprint density at radius 1 is 1.29 bits per heavy atom. The van der Waals surface area contributed by atoms with Crippen molar-refractivity contribution in [2.45, 2.75) is 18.7 Å². The minimum Gasteiger partial charge on any atom is -0.299 e. The number of nitrogens with one attached hydrogen (secondary N) is 1. The molecule has 17 heavy (non-hydrogen) atoms. The molecule has 94 valence electrons. The fourth-order valence-corrected chi connectivity index (χ4v) is 3.84. The Kier molecular flexibility index (Phi) is 4.88. The second-order valence-corrected chi connectivity index (χ2v) is 7.00. The maximum atomic E-state index is 11.9. The molecule has 0 fully saturated rings. The molecule has 0 amide bonds. The average molecular weight is 385 g/mol. The summed E-state index contributed by atoms with van der Waals surface area (Å²) in [6.07, 6.45) is 0. The molecule has 1 aromatic rings. The number of benzene rings is 1. The maximum absolute atomic E-state index is 11.9. The standard InChI is InChI=1S/C10H11Br2NO3S/c1-6-3-9(12)10(4-8(6)11)17(15,16)13-5-7(2)14/h3-4,13H,5H2,1-2H3. The molecule has 0 aliphatic heterocycles. The molecule has 0 saturated heterocycles. The number of sulfonamides is 1. The number of carbonyl (C=O) groups excluding carboxylic acids is 1. The Morgan fingerprint density at radius 3 is 2.41 bits per heavy atom. The van der Waals surface area contributed by atoms with E-state index in [1.54, 1.807) is 6.07 Å². The van der Waals surface area contributed by atoms with Crippen LogP contribution in [0.3, 0.4) is 0 Å². The molecular formula is C10H11Br2NO3S. The van der Waals surface area contributed by atoms with E-state index in [2.05, 4.69) is 36.6 Å². The van der Waals surface area contributed by atoms with Gasteiger partial charge in [0.2, 0.25) is 10.0 Å². The second-order valence-electron chi connectivity index (χ2n) is 3.56. The van der Waals surface area contributed by atoms with Crippen LogP contribution < -0.4 is 4.72 Å². The summed E-state index contributed by atoms with van der Waals surface area (Å²) in [5.41, 5.74) is 0.919. The van der Waals surface area contributed by atoms with Gasteiger partial charge in [-0.1, -0.05) is 15.9 Å². The van der Waals surface area contributed by atoms with Crippen LogP contribution in [0.15, 0.2) is 26.0 Å². The number of carbonyl (C=O) groups is 1. The van der Waals surface area contributed by atoms with Gasteiger partial charge in [-0.2, -0.15) is 0 Å². The van der Waals surface area contributed by atoms with Gasteiger partial charge in [0, 0.05) is 8.95 Å². The third-order valence-electron chi connectivity index (χ3n) is 2.01. The summed E-state index contributed by atoms with van der Waals surface area (Å²) in [7, 11) is -3.67. The number of hydrogen-bond acceptors (Lipinski definition) is 3.